The summed E-state index contributed by atoms with van der Waals surface area (Å²) in [6.07, 6.45) is 1.71. The largest absolute Gasteiger partial charge is 0.354 e. The minimum absolute atomic E-state index is 0.122. The Hall–Kier alpha value is -1.88. The number of amides is 2. The molecule has 0 bridgehead atoms. The van der Waals surface area contributed by atoms with Crippen molar-refractivity contribution < 1.29 is 9.59 Å². The van der Waals surface area contributed by atoms with Gasteiger partial charge in [-0.15, -0.1) is 0 Å². The number of carbonyl (C=O) groups excluding carboxylic acids is 2. The smallest absolute Gasteiger partial charge is 0.240 e. The molecule has 1 aromatic rings. The van der Waals surface area contributed by atoms with Gasteiger partial charge in [0, 0.05) is 18.7 Å². The van der Waals surface area contributed by atoms with Crippen LogP contribution in [0.2, 0.25) is 0 Å². The van der Waals surface area contributed by atoms with E-state index in [1.54, 1.807) is 0 Å². The van der Waals surface area contributed by atoms with E-state index in [9.17, 15) is 9.59 Å². The standard InChI is InChI=1S/C13H17N3O2/c14-13(7-8-13)12(18)15-9-6-11(17)16-10-4-2-1-3-5-10/h1-5H,6-9,14H2,(H,15,18)(H,16,17). The summed E-state index contributed by atoms with van der Waals surface area (Å²) in [5.41, 5.74) is 5.80. The summed E-state index contributed by atoms with van der Waals surface area (Å²) in [6, 6.07) is 9.21. The Morgan fingerprint density at radius 1 is 1.22 bits per heavy atom. The SMILES string of the molecule is NC1(C(=O)NCCC(=O)Nc2ccccc2)CC1. The molecule has 1 aliphatic rings. The molecule has 5 nitrogen and oxygen atoms in total. The maximum Gasteiger partial charge on any atom is 0.240 e. The molecular weight excluding hydrogens is 230 g/mol. The normalized spacial score (nSPS) is 15.8. The number of hydrogen-bond acceptors (Lipinski definition) is 3. The van der Waals surface area contributed by atoms with Gasteiger partial charge in [-0.05, 0) is 25.0 Å². The van der Waals surface area contributed by atoms with Crippen LogP contribution in [0, 0.1) is 0 Å². The molecule has 0 heterocycles. The van der Waals surface area contributed by atoms with Gasteiger partial charge in [-0.3, -0.25) is 9.59 Å². The van der Waals surface area contributed by atoms with Crippen LogP contribution in [-0.4, -0.2) is 23.9 Å². The average Bonchev–Trinajstić information content (AvgIpc) is 3.10. The first-order valence-electron chi connectivity index (χ1n) is 6.02. The Morgan fingerprint density at radius 2 is 1.89 bits per heavy atom. The third-order valence-corrected chi connectivity index (χ3v) is 2.94. The molecule has 4 N–H and O–H groups in total. The fraction of sp³-hybridized carbons (Fsp3) is 0.385. The average molecular weight is 247 g/mol. The van der Waals surface area contributed by atoms with Gasteiger partial charge in [-0.1, -0.05) is 18.2 Å². The highest BCUT2D eigenvalue weighted by Gasteiger charge is 2.45. The van der Waals surface area contributed by atoms with Crippen LogP contribution in [-0.2, 0) is 9.59 Å². The summed E-state index contributed by atoms with van der Waals surface area (Å²) in [7, 11) is 0. The highest BCUT2D eigenvalue weighted by Crippen LogP contribution is 2.31. The Kier molecular flexibility index (Phi) is 3.62. The van der Waals surface area contributed by atoms with Crippen molar-refractivity contribution in [2.45, 2.75) is 24.8 Å². The number of benzene rings is 1. The van der Waals surface area contributed by atoms with Crippen LogP contribution in [0.4, 0.5) is 5.69 Å². The molecule has 0 spiro atoms. The molecule has 0 radical (unpaired) electrons. The molecule has 2 rings (SSSR count). The molecule has 18 heavy (non-hydrogen) atoms. The summed E-state index contributed by atoms with van der Waals surface area (Å²) < 4.78 is 0. The van der Waals surface area contributed by atoms with E-state index >= 15 is 0 Å². The maximum absolute atomic E-state index is 11.6. The summed E-state index contributed by atoms with van der Waals surface area (Å²) in [5, 5.41) is 5.43. The van der Waals surface area contributed by atoms with Crippen LogP contribution in [0.5, 0.6) is 0 Å². The first-order valence-corrected chi connectivity index (χ1v) is 6.02. The van der Waals surface area contributed by atoms with Crippen LogP contribution in [0.3, 0.4) is 0 Å². The quantitative estimate of drug-likeness (QED) is 0.713. The number of anilines is 1. The van der Waals surface area contributed by atoms with E-state index in [1.165, 1.54) is 0 Å². The molecule has 96 valence electrons. The lowest BCUT2D eigenvalue weighted by atomic mass is 10.2. The predicted octanol–water partition coefficient (Wildman–Crippen LogP) is 0.623. The van der Waals surface area contributed by atoms with Crippen molar-refractivity contribution in [1.82, 2.24) is 5.32 Å². The lowest BCUT2D eigenvalue weighted by Gasteiger charge is -2.10. The summed E-state index contributed by atoms with van der Waals surface area (Å²) in [5.74, 6) is -0.279. The first kappa shape index (κ1) is 12.6. The van der Waals surface area contributed by atoms with Gasteiger partial charge >= 0.3 is 0 Å². The summed E-state index contributed by atoms with van der Waals surface area (Å²) in [6.45, 7) is 0.316. The molecule has 0 aromatic heterocycles. The van der Waals surface area contributed by atoms with Gasteiger partial charge in [0.15, 0.2) is 0 Å². The van der Waals surface area contributed by atoms with Crippen molar-refractivity contribution in [3.63, 3.8) is 0 Å². The second-order valence-electron chi connectivity index (χ2n) is 4.58. The van der Waals surface area contributed by atoms with Crippen LogP contribution in [0.1, 0.15) is 19.3 Å². The summed E-state index contributed by atoms with van der Waals surface area (Å²) >= 11 is 0. The second-order valence-corrected chi connectivity index (χ2v) is 4.58. The Labute approximate surface area is 106 Å². The van der Waals surface area contributed by atoms with Crippen molar-refractivity contribution >= 4 is 17.5 Å². The van der Waals surface area contributed by atoms with Gasteiger partial charge in [0.05, 0.1) is 5.54 Å². The molecular formula is C13H17N3O2. The zero-order chi connectivity index (χ0) is 13.0. The van der Waals surface area contributed by atoms with E-state index in [-0.39, 0.29) is 18.2 Å². The van der Waals surface area contributed by atoms with Gasteiger partial charge in [0.2, 0.25) is 11.8 Å². The van der Waals surface area contributed by atoms with Crippen molar-refractivity contribution in [3.8, 4) is 0 Å². The molecule has 5 heteroatoms. The van der Waals surface area contributed by atoms with E-state index in [2.05, 4.69) is 10.6 Å². The fourth-order valence-electron chi connectivity index (χ4n) is 1.57. The van der Waals surface area contributed by atoms with Crippen LogP contribution < -0.4 is 16.4 Å². The highest BCUT2D eigenvalue weighted by molar-refractivity contribution is 5.92. The molecule has 0 atom stereocenters. The third kappa shape index (κ3) is 3.30. The molecule has 0 aliphatic heterocycles. The maximum atomic E-state index is 11.6. The topological polar surface area (TPSA) is 84.2 Å². The lowest BCUT2D eigenvalue weighted by Crippen LogP contribution is -2.43. The number of hydrogen-bond donors (Lipinski definition) is 3. The van der Waals surface area contributed by atoms with Gasteiger partial charge < -0.3 is 16.4 Å². The van der Waals surface area contributed by atoms with E-state index < -0.39 is 5.54 Å². The minimum atomic E-state index is -0.671. The van der Waals surface area contributed by atoms with Crippen LogP contribution in [0.15, 0.2) is 30.3 Å². The van der Waals surface area contributed by atoms with Gasteiger partial charge in [-0.2, -0.15) is 0 Å². The van der Waals surface area contributed by atoms with Gasteiger partial charge in [-0.25, -0.2) is 0 Å². The first-order chi connectivity index (χ1) is 8.60. The fourth-order valence-corrected chi connectivity index (χ4v) is 1.57. The zero-order valence-electron chi connectivity index (χ0n) is 10.1. The minimum Gasteiger partial charge on any atom is -0.354 e. The third-order valence-electron chi connectivity index (χ3n) is 2.94. The highest BCUT2D eigenvalue weighted by atomic mass is 16.2. The van der Waals surface area contributed by atoms with E-state index in [0.717, 1.165) is 18.5 Å². The number of nitrogens with two attached hydrogens (primary N) is 1. The van der Waals surface area contributed by atoms with Gasteiger partial charge in [0.25, 0.3) is 0 Å². The van der Waals surface area contributed by atoms with Crippen LogP contribution >= 0.6 is 0 Å². The number of rotatable bonds is 5. The molecule has 0 saturated heterocycles. The van der Waals surface area contributed by atoms with Crippen molar-refractivity contribution in [2.75, 3.05) is 11.9 Å². The van der Waals surface area contributed by atoms with Crippen molar-refractivity contribution in [3.05, 3.63) is 30.3 Å². The summed E-state index contributed by atoms with van der Waals surface area (Å²) in [4.78, 5) is 23.1. The molecule has 2 amide bonds. The molecule has 1 fully saturated rings. The predicted molar refractivity (Wildman–Crippen MR) is 68.9 cm³/mol. The molecule has 0 unspecified atom stereocenters. The van der Waals surface area contributed by atoms with Crippen molar-refractivity contribution in [1.29, 1.82) is 0 Å². The Bertz CT molecular complexity index is 441. The number of nitrogens with one attached hydrogen (secondary N) is 2. The van der Waals surface area contributed by atoms with E-state index in [1.807, 2.05) is 30.3 Å². The Balaban J connectivity index is 1.68. The number of para-hydroxylation sites is 1. The second kappa shape index (κ2) is 5.18. The monoisotopic (exact) mass is 247 g/mol. The molecule has 1 aliphatic carbocycles. The molecule has 1 aromatic carbocycles. The van der Waals surface area contributed by atoms with E-state index in [4.69, 9.17) is 5.73 Å². The van der Waals surface area contributed by atoms with E-state index in [0.29, 0.717) is 6.54 Å². The molecule has 1 saturated carbocycles. The van der Waals surface area contributed by atoms with Gasteiger partial charge in [0.1, 0.15) is 0 Å². The number of carbonyl (C=O) groups is 2. The van der Waals surface area contributed by atoms with Crippen molar-refractivity contribution in [2.24, 2.45) is 5.73 Å². The van der Waals surface area contributed by atoms with Crippen LogP contribution in [0.25, 0.3) is 0 Å². The lowest BCUT2D eigenvalue weighted by molar-refractivity contribution is -0.123. The zero-order valence-corrected chi connectivity index (χ0v) is 10.1. The Morgan fingerprint density at radius 3 is 2.50 bits per heavy atom.